The van der Waals surface area contributed by atoms with Crippen LogP contribution < -0.4 is 0 Å². The van der Waals surface area contributed by atoms with Crippen molar-refractivity contribution in [1.29, 1.82) is 0 Å². The highest BCUT2D eigenvalue weighted by Gasteiger charge is 2.34. The minimum Gasteiger partial charge on any atom is -0.480 e. The molecule has 0 fully saturated rings. The minimum atomic E-state index is -0.795. The van der Waals surface area contributed by atoms with Crippen molar-refractivity contribution in [1.82, 2.24) is 19.4 Å². The number of aromatic nitrogens is 3. The number of carboxylic acid groups (broad SMARTS) is 1. The number of rotatable bonds is 6. The molecule has 0 saturated heterocycles. The molecule has 0 aliphatic carbocycles. The van der Waals surface area contributed by atoms with Crippen molar-refractivity contribution < 1.29 is 14.6 Å². The first-order valence-electron chi connectivity index (χ1n) is 8.71. The van der Waals surface area contributed by atoms with Crippen LogP contribution in [-0.4, -0.2) is 50.3 Å². The zero-order valence-electron chi connectivity index (χ0n) is 14.7. The fourth-order valence-corrected chi connectivity index (χ4v) is 3.74. The predicted octanol–water partition coefficient (Wildman–Crippen LogP) is 2.02. The second-order valence-corrected chi connectivity index (χ2v) is 6.62. The Balaban J connectivity index is 1.63. The summed E-state index contributed by atoms with van der Waals surface area (Å²) < 4.78 is 7.16. The number of hydrogen-bond acceptors (Lipinski definition) is 4. The van der Waals surface area contributed by atoms with Gasteiger partial charge in [-0.15, -0.1) is 0 Å². The standard InChI is InChI=1S/C19H22N4O3/c1-26-9-8-22-7-6-20-18(22)12-23-11-16-14(10-17(23)19(24)25)13-4-2-3-5-15(13)21-16/h2-7,17,21H,8-12H2,1H3,(H,24,25)/t17-/m0/s1. The molecule has 4 rings (SSSR count). The zero-order valence-corrected chi connectivity index (χ0v) is 14.7. The Morgan fingerprint density at radius 3 is 3.08 bits per heavy atom. The van der Waals surface area contributed by atoms with E-state index in [1.807, 2.05) is 33.9 Å². The van der Waals surface area contributed by atoms with Crippen LogP contribution in [0.3, 0.4) is 0 Å². The van der Waals surface area contributed by atoms with Crippen LogP contribution in [0.15, 0.2) is 36.7 Å². The number of benzene rings is 1. The first-order chi connectivity index (χ1) is 12.7. The molecule has 7 nitrogen and oxygen atoms in total. The van der Waals surface area contributed by atoms with E-state index in [2.05, 4.69) is 16.0 Å². The number of nitrogens with one attached hydrogen (secondary N) is 1. The summed E-state index contributed by atoms with van der Waals surface area (Å²) in [6.07, 6.45) is 4.15. The number of nitrogens with zero attached hydrogens (tertiary/aromatic N) is 3. The van der Waals surface area contributed by atoms with Crippen molar-refractivity contribution in [3.8, 4) is 0 Å². The van der Waals surface area contributed by atoms with Crippen molar-refractivity contribution in [3.63, 3.8) is 0 Å². The summed E-state index contributed by atoms with van der Waals surface area (Å²) in [4.78, 5) is 21.8. The topological polar surface area (TPSA) is 83.4 Å². The van der Waals surface area contributed by atoms with E-state index in [-0.39, 0.29) is 0 Å². The van der Waals surface area contributed by atoms with Crippen LogP contribution in [0, 0.1) is 0 Å². The number of carbonyl (C=O) groups is 1. The molecular formula is C19H22N4O3. The van der Waals surface area contributed by atoms with Gasteiger partial charge in [-0.1, -0.05) is 18.2 Å². The number of methoxy groups -OCH3 is 1. The fourth-order valence-electron chi connectivity index (χ4n) is 3.74. The summed E-state index contributed by atoms with van der Waals surface area (Å²) in [6, 6.07) is 7.51. The molecule has 0 unspecified atom stereocenters. The van der Waals surface area contributed by atoms with Gasteiger partial charge in [-0.2, -0.15) is 0 Å². The number of imidazole rings is 1. The van der Waals surface area contributed by atoms with Crippen LogP contribution >= 0.6 is 0 Å². The largest absolute Gasteiger partial charge is 0.480 e. The van der Waals surface area contributed by atoms with Gasteiger partial charge in [-0.25, -0.2) is 4.98 Å². The third kappa shape index (κ3) is 3.00. The van der Waals surface area contributed by atoms with Gasteiger partial charge in [0.15, 0.2) is 0 Å². The summed E-state index contributed by atoms with van der Waals surface area (Å²) >= 11 is 0. The molecule has 3 heterocycles. The monoisotopic (exact) mass is 354 g/mol. The van der Waals surface area contributed by atoms with Crippen molar-refractivity contribution in [2.24, 2.45) is 0 Å². The molecule has 2 aromatic heterocycles. The van der Waals surface area contributed by atoms with Gasteiger partial charge in [-0.05, 0) is 11.6 Å². The van der Waals surface area contributed by atoms with E-state index in [9.17, 15) is 9.90 Å². The Morgan fingerprint density at radius 2 is 2.27 bits per heavy atom. The van der Waals surface area contributed by atoms with Crippen LogP contribution in [0.5, 0.6) is 0 Å². The summed E-state index contributed by atoms with van der Waals surface area (Å²) in [6.45, 7) is 2.35. The van der Waals surface area contributed by atoms with E-state index in [4.69, 9.17) is 4.74 Å². The van der Waals surface area contributed by atoms with Crippen LogP contribution in [0.1, 0.15) is 17.1 Å². The van der Waals surface area contributed by atoms with E-state index < -0.39 is 12.0 Å². The van der Waals surface area contributed by atoms with Crippen molar-refractivity contribution in [3.05, 3.63) is 53.7 Å². The Hall–Kier alpha value is -2.64. The molecule has 2 N–H and O–H groups in total. The van der Waals surface area contributed by atoms with Gasteiger partial charge in [-0.3, -0.25) is 9.69 Å². The van der Waals surface area contributed by atoms with Crippen LogP contribution in [-0.2, 0) is 35.6 Å². The molecule has 1 aromatic carbocycles. The molecule has 7 heteroatoms. The number of H-pyrrole nitrogens is 1. The van der Waals surface area contributed by atoms with Crippen molar-refractivity contribution in [2.45, 2.75) is 32.1 Å². The lowest BCUT2D eigenvalue weighted by Gasteiger charge is -2.32. The van der Waals surface area contributed by atoms with E-state index in [0.717, 1.165) is 28.0 Å². The number of fused-ring (bicyclic) bond motifs is 3. The molecule has 1 aliphatic heterocycles. The molecule has 0 bridgehead atoms. The number of aliphatic carboxylic acids is 1. The number of aromatic amines is 1. The summed E-state index contributed by atoms with van der Waals surface area (Å²) in [5.41, 5.74) is 3.27. The number of para-hydroxylation sites is 1. The highest BCUT2D eigenvalue weighted by Crippen LogP contribution is 2.31. The highest BCUT2D eigenvalue weighted by molar-refractivity contribution is 5.86. The Kier molecular flexibility index (Phi) is 4.48. The Labute approximate surface area is 151 Å². The molecule has 0 saturated carbocycles. The fraction of sp³-hybridized carbons (Fsp3) is 0.368. The lowest BCUT2D eigenvalue weighted by atomic mass is 9.96. The average molecular weight is 354 g/mol. The smallest absolute Gasteiger partial charge is 0.321 e. The van der Waals surface area contributed by atoms with E-state index in [0.29, 0.717) is 32.7 Å². The van der Waals surface area contributed by atoms with Crippen molar-refractivity contribution >= 4 is 16.9 Å². The zero-order chi connectivity index (χ0) is 18.1. The summed E-state index contributed by atoms with van der Waals surface area (Å²) in [5, 5.41) is 10.9. The van der Waals surface area contributed by atoms with E-state index in [1.165, 1.54) is 0 Å². The second-order valence-electron chi connectivity index (χ2n) is 6.62. The molecule has 0 radical (unpaired) electrons. The molecule has 1 aliphatic rings. The normalized spacial score (nSPS) is 17.5. The molecule has 3 aromatic rings. The van der Waals surface area contributed by atoms with Crippen LogP contribution in [0.4, 0.5) is 0 Å². The number of ether oxygens (including phenoxy) is 1. The maximum atomic E-state index is 11.9. The molecule has 1 atom stereocenters. The third-order valence-electron chi connectivity index (χ3n) is 5.07. The summed E-state index contributed by atoms with van der Waals surface area (Å²) in [7, 11) is 1.67. The predicted molar refractivity (Wildman–Crippen MR) is 96.8 cm³/mol. The molecular weight excluding hydrogens is 332 g/mol. The summed E-state index contributed by atoms with van der Waals surface area (Å²) in [5.74, 6) is 0.0591. The maximum absolute atomic E-state index is 11.9. The van der Waals surface area contributed by atoms with Crippen LogP contribution in [0.25, 0.3) is 10.9 Å². The van der Waals surface area contributed by atoms with Gasteiger partial charge in [0, 0.05) is 55.6 Å². The Bertz CT molecular complexity index is 930. The number of hydrogen-bond donors (Lipinski definition) is 2. The quantitative estimate of drug-likeness (QED) is 0.708. The maximum Gasteiger partial charge on any atom is 0.321 e. The molecule has 0 spiro atoms. The van der Waals surface area contributed by atoms with Gasteiger partial charge < -0.3 is 19.4 Å². The van der Waals surface area contributed by atoms with Gasteiger partial charge in [0.25, 0.3) is 0 Å². The average Bonchev–Trinajstić information content (AvgIpc) is 3.22. The first kappa shape index (κ1) is 16.8. The Morgan fingerprint density at radius 1 is 1.42 bits per heavy atom. The van der Waals surface area contributed by atoms with Crippen LogP contribution in [0.2, 0.25) is 0 Å². The van der Waals surface area contributed by atoms with Crippen molar-refractivity contribution in [2.75, 3.05) is 13.7 Å². The molecule has 136 valence electrons. The van der Waals surface area contributed by atoms with Gasteiger partial charge >= 0.3 is 5.97 Å². The second kappa shape index (κ2) is 6.93. The highest BCUT2D eigenvalue weighted by atomic mass is 16.5. The number of carboxylic acids is 1. The molecule has 0 amide bonds. The lowest BCUT2D eigenvalue weighted by molar-refractivity contribution is -0.144. The van der Waals surface area contributed by atoms with Gasteiger partial charge in [0.1, 0.15) is 11.9 Å². The minimum absolute atomic E-state index is 0.489. The third-order valence-corrected chi connectivity index (χ3v) is 5.07. The lowest BCUT2D eigenvalue weighted by Crippen LogP contribution is -2.45. The van der Waals surface area contributed by atoms with E-state index >= 15 is 0 Å². The van der Waals surface area contributed by atoms with Gasteiger partial charge in [0.2, 0.25) is 0 Å². The van der Waals surface area contributed by atoms with Gasteiger partial charge in [0.05, 0.1) is 13.2 Å². The first-order valence-corrected chi connectivity index (χ1v) is 8.71. The SMILES string of the molecule is COCCn1ccnc1CN1Cc2[nH]c3ccccc3c2C[C@H]1C(=O)O. The van der Waals surface area contributed by atoms with E-state index in [1.54, 1.807) is 13.3 Å². The molecule has 26 heavy (non-hydrogen) atoms.